The fourth-order valence-electron chi connectivity index (χ4n) is 1.53. The zero-order valence-electron chi connectivity index (χ0n) is 8.02. The Kier molecular flexibility index (Phi) is 2.71. The lowest BCUT2D eigenvalue weighted by Gasteiger charge is -2.40. The fraction of sp³-hybridized carbons (Fsp3) is 0.889. The number of piperidine rings is 1. The van der Waals surface area contributed by atoms with Gasteiger partial charge in [0.2, 0.25) is 0 Å². The lowest BCUT2D eigenvalue weighted by atomic mass is 9.98. The van der Waals surface area contributed by atoms with Gasteiger partial charge in [-0.1, -0.05) is 0 Å². The van der Waals surface area contributed by atoms with Crippen LogP contribution in [-0.4, -0.2) is 35.7 Å². The Bertz CT molecular complexity index is 204. The summed E-state index contributed by atoms with van der Waals surface area (Å²) in [6.07, 6.45) is 1.14. The molecule has 13 heavy (non-hydrogen) atoms. The van der Waals surface area contributed by atoms with E-state index in [1.807, 2.05) is 0 Å². The van der Waals surface area contributed by atoms with Crippen LogP contribution in [0.25, 0.3) is 0 Å². The molecule has 1 rings (SSSR count). The van der Waals surface area contributed by atoms with Gasteiger partial charge in [-0.3, -0.25) is 4.90 Å². The third-order valence-corrected chi connectivity index (χ3v) is 2.50. The summed E-state index contributed by atoms with van der Waals surface area (Å²) in [6.45, 7) is 3.63. The van der Waals surface area contributed by atoms with E-state index in [-0.39, 0.29) is 13.0 Å². The maximum Gasteiger partial charge on any atom is 0.260 e. The Morgan fingerprint density at radius 2 is 2.08 bits per heavy atom. The first-order valence-electron chi connectivity index (χ1n) is 4.47. The summed E-state index contributed by atoms with van der Waals surface area (Å²) < 4.78 is 25.9. The molecule has 0 aliphatic carbocycles. The topological polar surface area (TPSA) is 20.3 Å². The second-order valence-electron chi connectivity index (χ2n) is 4.15. The van der Waals surface area contributed by atoms with Crippen LogP contribution in [0.3, 0.4) is 0 Å². The van der Waals surface area contributed by atoms with E-state index in [0.29, 0.717) is 13.0 Å². The van der Waals surface area contributed by atoms with Gasteiger partial charge in [0.05, 0.1) is 12.1 Å². The van der Waals surface area contributed by atoms with Crippen LogP contribution in [0.15, 0.2) is 0 Å². The second kappa shape index (κ2) is 3.33. The first kappa shape index (κ1) is 10.6. The SMILES string of the molecule is CC(C)(C=O)N1CCCC(F)(F)C1. The molecule has 4 heteroatoms. The first-order chi connectivity index (χ1) is 5.87. The van der Waals surface area contributed by atoms with E-state index in [4.69, 9.17) is 0 Å². The van der Waals surface area contributed by atoms with E-state index in [9.17, 15) is 13.6 Å². The van der Waals surface area contributed by atoms with Crippen LogP contribution in [0.5, 0.6) is 0 Å². The highest BCUT2D eigenvalue weighted by molar-refractivity contribution is 5.62. The summed E-state index contributed by atoms with van der Waals surface area (Å²) in [5.41, 5.74) is -0.760. The van der Waals surface area contributed by atoms with Crippen LogP contribution in [0, 0.1) is 0 Å². The molecule has 0 aromatic rings. The Labute approximate surface area is 76.9 Å². The molecular formula is C9H15F2NO. The predicted molar refractivity (Wildman–Crippen MR) is 45.9 cm³/mol. The van der Waals surface area contributed by atoms with E-state index in [1.165, 1.54) is 0 Å². The molecule has 0 aromatic carbocycles. The lowest BCUT2D eigenvalue weighted by molar-refractivity contribution is -0.125. The van der Waals surface area contributed by atoms with Crippen molar-refractivity contribution in [3.63, 3.8) is 0 Å². The standard InChI is InChI=1S/C9H15F2NO/c1-8(2,7-13)12-5-3-4-9(10,11)6-12/h7H,3-6H2,1-2H3. The molecule has 0 aromatic heterocycles. The molecule has 0 saturated carbocycles. The number of halogens is 2. The summed E-state index contributed by atoms with van der Waals surface area (Å²) in [7, 11) is 0. The van der Waals surface area contributed by atoms with E-state index in [0.717, 1.165) is 6.29 Å². The van der Waals surface area contributed by atoms with Crippen molar-refractivity contribution >= 4 is 6.29 Å². The van der Waals surface area contributed by atoms with Crippen LogP contribution in [-0.2, 0) is 4.79 Å². The average molecular weight is 191 g/mol. The molecule has 0 bridgehead atoms. The highest BCUT2D eigenvalue weighted by atomic mass is 19.3. The van der Waals surface area contributed by atoms with Crippen molar-refractivity contribution in [3.8, 4) is 0 Å². The van der Waals surface area contributed by atoms with Crippen LogP contribution in [0.2, 0.25) is 0 Å². The van der Waals surface area contributed by atoms with Gasteiger partial charge < -0.3 is 4.79 Å². The summed E-state index contributed by atoms with van der Waals surface area (Å²) in [4.78, 5) is 12.2. The minimum Gasteiger partial charge on any atom is -0.301 e. The van der Waals surface area contributed by atoms with Gasteiger partial charge in [-0.2, -0.15) is 0 Å². The third-order valence-electron chi connectivity index (χ3n) is 2.50. The number of rotatable bonds is 2. The van der Waals surface area contributed by atoms with Crippen LogP contribution in [0.1, 0.15) is 26.7 Å². The molecule has 0 N–H and O–H groups in total. The minimum atomic E-state index is -2.63. The van der Waals surface area contributed by atoms with Crippen molar-refractivity contribution in [2.24, 2.45) is 0 Å². The minimum absolute atomic E-state index is 0.0571. The molecule has 1 aliphatic heterocycles. The monoisotopic (exact) mass is 191 g/mol. The van der Waals surface area contributed by atoms with Crippen LogP contribution in [0.4, 0.5) is 8.78 Å². The van der Waals surface area contributed by atoms with E-state index in [2.05, 4.69) is 0 Å². The quantitative estimate of drug-likeness (QED) is 0.619. The summed E-state index contributed by atoms with van der Waals surface area (Å²) in [5.74, 6) is -2.63. The molecule has 1 fully saturated rings. The van der Waals surface area contributed by atoms with Crippen molar-refractivity contribution in [1.29, 1.82) is 0 Å². The largest absolute Gasteiger partial charge is 0.301 e. The Hall–Kier alpha value is -0.510. The van der Waals surface area contributed by atoms with Crippen molar-refractivity contribution in [1.82, 2.24) is 4.90 Å². The van der Waals surface area contributed by atoms with Gasteiger partial charge in [-0.05, 0) is 26.8 Å². The lowest BCUT2D eigenvalue weighted by Crippen LogP contribution is -2.53. The average Bonchev–Trinajstić information content (AvgIpc) is 2.03. The predicted octanol–water partition coefficient (Wildman–Crippen LogP) is 1.70. The summed E-state index contributed by atoms with van der Waals surface area (Å²) in [5, 5.41) is 0. The number of aldehydes is 1. The number of nitrogens with zero attached hydrogens (tertiary/aromatic N) is 1. The molecule has 0 amide bonds. The van der Waals surface area contributed by atoms with Gasteiger partial charge in [-0.15, -0.1) is 0 Å². The molecule has 2 nitrogen and oxygen atoms in total. The number of hydrogen-bond acceptors (Lipinski definition) is 2. The Morgan fingerprint density at radius 1 is 1.46 bits per heavy atom. The third kappa shape index (κ3) is 2.46. The van der Waals surface area contributed by atoms with E-state index < -0.39 is 11.5 Å². The molecular weight excluding hydrogens is 176 g/mol. The molecule has 1 heterocycles. The maximum absolute atomic E-state index is 13.0. The highest BCUT2D eigenvalue weighted by Crippen LogP contribution is 2.29. The van der Waals surface area contributed by atoms with Crippen LogP contribution >= 0.6 is 0 Å². The summed E-state index contributed by atoms with van der Waals surface area (Å²) in [6, 6.07) is 0. The fourth-order valence-corrected chi connectivity index (χ4v) is 1.53. The van der Waals surface area contributed by atoms with E-state index in [1.54, 1.807) is 18.7 Å². The Balaban J connectivity index is 2.67. The van der Waals surface area contributed by atoms with Crippen molar-refractivity contribution in [2.75, 3.05) is 13.1 Å². The number of carbonyl (C=O) groups is 1. The first-order valence-corrected chi connectivity index (χ1v) is 4.47. The maximum atomic E-state index is 13.0. The number of carbonyl (C=O) groups excluding carboxylic acids is 1. The molecule has 0 unspecified atom stereocenters. The highest BCUT2D eigenvalue weighted by Gasteiger charge is 2.40. The van der Waals surface area contributed by atoms with Crippen molar-refractivity contribution in [3.05, 3.63) is 0 Å². The number of alkyl halides is 2. The van der Waals surface area contributed by atoms with Gasteiger partial charge in [0.25, 0.3) is 5.92 Å². The molecule has 0 spiro atoms. The normalized spacial score (nSPS) is 24.3. The van der Waals surface area contributed by atoms with Crippen molar-refractivity contribution < 1.29 is 13.6 Å². The van der Waals surface area contributed by atoms with Gasteiger partial charge in [0.1, 0.15) is 6.29 Å². The molecule has 76 valence electrons. The smallest absolute Gasteiger partial charge is 0.260 e. The van der Waals surface area contributed by atoms with Gasteiger partial charge >= 0.3 is 0 Å². The van der Waals surface area contributed by atoms with Gasteiger partial charge in [0, 0.05) is 6.42 Å². The Morgan fingerprint density at radius 3 is 2.54 bits per heavy atom. The van der Waals surface area contributed by atoms with Gasteiger partial charge in [0.15, 0.2) is 0 Å². The molecule has 0 atom stereocenters. The zero-order chi connectivity index (χ0) is 10.1. The van der Waals surface area contributed by atoms with Gasteiger partial charge in [-0.25, -0.2) is 8.78 Å². The molecule has 1 saturated heterocycles. The van der Waals surface area contributed by atoms with Crippen molar-refractivity contribution in [2.45, 2.75) is 38.2 Å². The van der Waals surface area contributed by atoms with E-state index >= 15 is 0 Å². The molecule has 0 radical (unpaired) electrons. The van der Waals surface area contributed by atoms with Crippen LogP contribution < -0.4 is 0 Å². The number of likely N-dealkylation sites (tertiary alicyclic amines) is 1. The zero-order valence-corrected chi connectivity index (χ0v) is 8.02. The number of hydrogen-bond donors (Lipinski definition) is 0. The molecule has 1 aliphatic rings. The second-order valence-corrected chi connectivity index (χ2v) is 4.15. The summed E-state index contributed by atoms with van der Waals surface area (Å²) >= 11 is 0.